The molecule has 4 nitrogen and oxygen atoms in total. The van der Waals surface area contributed by atoms with Gasteiger partial charge in [-0.05, 0) is 12.8 Å². The van der Waals surface area contributed by atoms with Crippen LogP contribution >= 0.6 is 11.6 Å². The van der Waals surface area contributed by atoms with E-state index in [1.807, 2.05) is 0 Å². The van der Waals surface area contributed by atoms with Crippen molar-refractivity contribution in [1.82, 2.24) is 9.97 Å². The van der Waals surface area contributed by atoms with Crippen LogP contribution in [-0.2, 0) is 0 Å². The number of nitrogens with one attached hydrogen (secondary N) is 1. The third-order valence-corrected chi connectivity index (χ3v) is 2.50. The lowest BCUT2D eigenvalue weighted by atomic mass is 10.1. The Labute approximate surface area is 88.9 Å². The summed E-state index contributed by atoms with van der Waals surface area (Å²) in [6.07, 6.45) is 1.40. The first-order chi connectivity index (χ1) is 6.52. The highest BCUT2D eigenvalue weighted by Crippen LogP contribution is 2.23. The molecule has 0 radical (unpaired) electrons. The number of rotatable bonds is 3. The molecule has 78 valence electrons. The summed E-state index contributed by atoms with van der Waals surface area (Å²) in [6.45, 7) is 6.31. The van der Waals surface area contributed by atoms with E-state index in [4.69, 9.17) is 17.3 Å². The first-order valence-electron chi connectivity index (χ1n) is 4.55. The van der Waals surface area contributed by atoms with Crippen LogP contribution in [0, 0.1) is 5.92 Å². The monoisotopic (exact) mass is 214 g/mol. The van der Waals surface area contributed by atoms with Gasteiger partial charge in [0.15, 0.2) is 11.0 Å². The molecule has 14 heavy (non-hydrogen) atoms. The van der Waals surface area contributed by atoms with Crippen molar-refractivity contribution in [1.29, 1.82) is 0 Å². The van der Waals surface area contributed by atoms with Crippen LogP contribution in [0.2, 0.25) is 5.15 Å². The molecule has 0 fully saturated rings. The normalized spacial score (nSPS) is 12.9. The molecule has 0 saturated heterocycles. The second-order valence-corrected chi connectivity index (χ2v) is 3.96. The number of nitrogens with two attached hydrogens (primary N) is 1. The SMILES string of the molecule is CC(C)C(C)Nc1ncnc(Cl)c1N. The largest absolute Gasteiger partial charge is 0.393 e. The Morgan fingerprint density at radius 1 is 1.36 bits per heavy atom. The van der Waals surface area contributed by atoms with E-state index in [2.05, 4.69) is 36.1 Å². The average Bonchev–Trinajstić information content (AvgIpc) is 2.12. The highest BCUT2D eigenvalue weighted by molar-refractivity contribution is 6.32. The third kappa shape index (κ3) is 2.48. The van der Waals surface area contributed by atoms with Crippen LogP contribution < -0.4 is 11.1 Å². The van der Waals surface area contributed by atoms with Gasteiger partial charge in [-0.3, -0.25) is 0 Å². The molecule has 1 aromatic rings. The minimum absolute atomic E-state index is 0.290. The van der Waals surface area contributed by atoms with Crippen molar-refractivity contribution in [3.8, 4) is 0 Å². The van der Waals surface area contributed by atoms with Crippen LogP contribution in [0.15, 0.2) is 6.33 Å². The second kappa shape index (κ2) is 4.46. The van der Waals surface area contributed by atoms with Crippen LogP contribution in [0.4, 0.5) is 11.5 Å². The molecule has 5 heteroatoms. The Balaban J connectivity index is 2.82. The van der Waals surface area contributed by atoms with Crippen molar-refractivity contribution < 1.29 is 0 Å². The number of halogens is 1. The summed E-state index contributed by atoms with van der Waals surface area (Å²) in [5.74, 6) is 1.11. The van der Waals surface area contributed by atoms with Crippen molar-refractivity contribution in [3.05, 3.63) is 11.5 Å². The Hall–Kier alpha value is -1.03. The van der Waals surface area contributed by atoms with Crippen LogP contribution in [0.3, 0.4) is 0 Å². The minimum atomic E-state index is 0.290. The maximum absolute atomic E-state index is 5.76. The zero-order valence-corrected chi connectivity index (χ0v) is 9.34. The van der Waals surface area contributed by atoms with Gasteiger partial charge in [0.1, 0.15) is 12.0 Å². The van der Waals surface area contributed by atoms with Crippen molar-refractivity contribution in [3.63, 3.8) is 0 Å². The fourth-order valence-corrected chi connectivity index (χ4v) is 1.00. The molecule has 0 saturated carbocycles. The van der Waals surface area contributed by atoms with E-state index in [1.165, 1.54) is 6.33 Å². The van der Waals surface area contributed by atoms with E-state index in [-0.39, 0.29) is 0 Å². The van der Waals surface area contributed by atoms with Gasteiger partial charge in [0.2, 0.25) is 0 Å². The molecular weight excluding hydrogens is 200 g/mol. The molecule has 0 spiro atoms. The molecule has 1 heterocycles. The van der Waals surface area contributed by atoms with E-state index in [0.29, 0.717) is 28.6 Å². The molecule has 0 aromatic carbocycles. The van der Waals surface area contributed by atoms with Crippen molar-refractivity contribution in [2.75, 3.05) is 11.1 Å². The Kier molecular flexibility index (Phi) is 3.52. The quantitative estimate of drug-likeness (QED) is 0.757. The summed E-state index contributed by atoms with van der Waals surface area (Å²) in [7, 11) is 0. The predicted octanol–water partition coefficient (Wildman–Crippen LogP) is 2.17. The summed E-state index contributed by atoms with van der Waals surface area (Å²) in [5, 5.41) is 3.48. The fraction of sp³-hybridized carbons (Fsp3) is 0.556. The lowest BCUT2D eigenvalue weighted by Crippen LogP contribution is -2.23. The summed E-state index contributed by atoms with van der Waals surface area (Å²) in [6, 6.07) is 0.295. The summed E-state index contributed by atoms with van der Waals surface area (Å²) < 4.78 is 0. The Bertz CT molecular complexity index is 314. The number of nitrogens with zero attached hydrogens (tertiary/aromatic N) is 2. The van der Waals surface area contributed by atoms with Gasteiger partial charge in [-0.1, -0.05) is 25.4 Å². The maximum atomic E-state index is 5.76. The van der Waals surface area contributed by atoms with E-state index in [0.717, 1.165) is 0 Å². The molecule has 0 bridgehead atoms. The molecule has 3 N–H and O–H groups in total. The van der Waals surface area contributed by atoms with Gasteiger partial charge in [-0.15, -0.1) is 0 Å². The van der Waals surface area contributed by atoms with Gasteiger partial charge < -0.3 is 11.1 Å². The first kappa shape index (κ1) is 11.0. The predicted molar refractivity (Wildman–Crippen MR) is 59.4 cm³/mol. The number of hydrogen-bond acceptors (Lipinski definition) is 4. The average molecular weight is 215 g/mol. The Morgan fingerprint density at radius 3 is 2.57 bits per heavy atom. The van der Waals surface area contributed by atoms with Gasteiger partial charge in [0.25, 0.3) is 0 Å². The van der Waals surface area contributed by atoms with Gasteiger partial charge in [-0.2, -0.15) is 0 Å². The molecule has 0 aliphatic heterocycles. The highest BCUT2D eigenvalue weighted by Gasteiger charge is 2.11. The zero-order chi connectivity index (χ0) is 10.7. The zero-order valence-electron chi connectivity index (χ0n) is 8.58. The lowest BCUT2D eigenvalue weighted by molar-refractivity contribution is 0.558. The third-order valence-electron chi connectivity index (χ3n) is 2.20. The summed E-state index contributed by atoms with van der Waals surface area (Å²) in [5.41, 5.74) is 6.12. The van der Waals surface area contributed by atoms with Crippen LogP contribution in [-0.4, -0.2) is 16.0 Å². The van der Waals surface area contributed by atoms with Crippen LogP contribution in [0.25, 0.3) is 0 Å². The van der Waals surface area contributed by atoms with E-state index >= 15 is 0 Å². The number of nitrogen functional groups attached to an aromatic ring is 1. The van der Waals surface area contributed by atoms with Crippen LogP contribution in [0.1, 0.15) is 20.8 Å². The molecule has 1 rings (SSSR count). The van der Waals surface area contributed by atoms with E-state index in [9.17, 15) is 0 Å². The topological polar surface area (TPSA) is 63.8 Å². The smallest absolute Gasteiger partial charge is 0.157 e. The van der Waals surface area contributed by atoms with Gasteiger partial charge >= 0.3 is 0 Å². The Morgan fingerprint density at radius 2 is 2.00 bits per heavy atom. The highest BCUT2D eigenvalue weighted by atomic mass is 35.5. The van der Waals surface area contributed by atoms with E-state index < -0.39 is 0 Å². The second-order valence-electron chi connectivity index (χ2n) is 3.60. The van der Waals surface area contributed by atoms with Gasteiger partial charge in [-0.25, -0.2) is 9.97 Å². The van der Waals surface area contributed by atoms with Crippen LogP contribution in [0.5, 0.6) is 0 Å². The van der Waals surface area contributed by atoms with Crippen molar-refractivity contribution in [2.24, 2.45) is 5.92 Å². The first-order valence-corrected chi connectivity index (χ1v) is 4.92. The van der Waals surface area contributed by atoms with Crippen molar-refractivity contribution >= 4 is 23.1 Å². The lowest BCUT2D eigenvalue weighted by Gasteiger charge is -2.18. The standard InChI is InChI=1S/C9H15ClN4/c1-5(2)6(3)14-9-7(11)8(10)12-4-13-9/h4-6H,11H2,1-3H3,(H,12,13,14). The maximum Gasteiger partial charge on any atom is 0.157 e. The van der Waals surface area contributed by atoms with Gasteiger partial charge in [0, 0.05) is 6.04 Å². The summed E-state index contributed by atoms with van der Waals surface area (Å²) in [4.78, 5) is 7.81. The van der Waals surface area contributed by atoms with E-state index in [1.54, 1.807) is 0 Å². The molecule has 0 amide bonds. The summed E-state index contributed by atoms with van der Waals surface area (Å²) >= 11 is 5.76. The minimum Gasteiger partial charge on any atom is -0.393 e. The molecular formula is C9H15ClN4. The number of anilines is 2. The number of hydrogen-bond donors (Lipinski definition) is 2. The molecule has 1 unspecified atom stereocenters. The molecule has 0 aliphatic carbocycles. The molecule has 0 aliphatic rings. The number of aromatic nitrogens is 2. The molecule has 1 atom stereocenters. The molecule has 1 aromatic heterocycles. The van der Waals surface area contributed by atoms with Crippen molar-refractivity contribution in [2.45, 2.75) is 26.8 Å². The fourth-order valence-electron chi connectivity index (χ4n) is 0.871. The van der Waals surface area contributed by atoms with Gasteiger partial charge in [0.05, 0.1) is 0 Å².